The van der Waals surface area contributed by atoms with E-state index in [1.165, 1.54) is 12.1 Å². The number of nitrogens with zero attached hydrogens (tertiary/aromatic N) is 8. The van der Waals surface area contributed by atoms with Crippen LogP contribution in [-0.4, -0.2) is 147 Å². The van der Waals surface area contributed by atoms with Crippen molar-refractivity contribution in [2.75, 3.05) is 80.6 Å². The number of anilines is 3. The van der Waals surface area contributed by atoms with Gasteiger partial charge in [0.25, 0.3) is 11.8 Å². The van der Waals surface area contributed by atoms with Gasteiger partial charge in [0.1, 0.15) is 6.04 Å². The number of carbonyl (C=O) groups is 5. The minimum absolute atomic E-state index is 0.0302. The summed E-state index contributed by atoms with van der Waals surface area (Å²) in [4.78, 5) is 76.9. The van der Waals surface area contributed by atoms with Crippen LogP contribution in [0.2, 0.25) is 0 Å². The molecule has 2 unspecified atom stereocenters. The zero-order valence-electron chi connectivity index (χ0n) is 33.5. The molecule has 4 fully saturated rings. The van der Waals surface area contributed by atoms with E-state index in [-0.39, 0.29) is 35.5 Å². The van der Waals surface area contributed by atoms with E-state index in [2.05, 4.69) is 56.3 Å². The number of hydrogen-bond acceptors (Lipinski definition) is 12. The second kappa shape index (κ2) is 14.5. The highest BCUT2D eigenvalue weighted by Crippen LogP contribution is 2.41. The van der Waals surface area contributed by atoms with Crippen LogP contribution in [0.3, 0.4) is 0 Å². The average molecular weight is 809 g/mol. The second-order valence-corrected chi connectivity index (χ2v) is 17.6. The Labute approximate surface area is 341 Å². The number of phenols is 1. The van der Waals surface area contributed by atoms with Crippen molar-refractivity contribution in [3.63, 3.8) is 0 Å². The van der Waals surface area contributed by atoms with Gasteiger partial charge in [-0.25, -0.2) is 9.18 Å². The molecule has 6 amide bonds. The Morgan fingerprint density at radius 3 is 2.42 bits per heavy atom. The summed E-state index contributed by atoms with van der Waals surface area (Å²) in [6.07, 6.45) is 2.12. The normalized spacial score (nSPS) is 24.7. The molecule has 59 heavy (non-hydrogen) atoms. The molecule has 2 aromatic carbocycles. The molecule has 16 nitrogen and oxygen atoms in total. The number of imide groups is 2. The number of rotatable bonds is 5. The van der Waals surface area contributed by atoms with Crippen molar-refractivity contribution in [2.24, 2.45) is 5.92 Å². The van der Waals surface area contributed by atoms with Crippen molar-refractivity contribution < 1.29 is 33.5 Å². The number of nitrogens with one attached hydrogen (secondary N) is 2. The molecule has 7 heterocycles. The summed E-state index contributed by atoms with van der Waals surface area (Å²) >= 11 is 0. The summed E-state index contributed by atoms with van der Waals surface area (Å²) in [5.74, 6) is -2.13. The summed E-state index contributed by atoms with van der Waals surface area (Å²) in [5.41, 5.74) is 2.05. The highest BCUT2D eigenvalue weighted by molar-refractivity contribution is 6.23. The van der Waals surface area contributed by atoms with Crippen LogP contribution in [0, 0.1) is 11.7 Å². The van der Waals surface area contributed by atoms with Crippen molar-refractivity contribution in [3.05, 3.63) is 59.4 Å². The Morgan fingerprint density at radius 1 is 0.881 bits per heavy atom. The van der Waals surface area contributed by atoms with Crippen LogP contribution in [0.15, 0.2) is 42.5 Å². The molecule has 0 radical (unpaired) electrons. The summed E-state index contributed by atoms with van der Waals surface area (Å²) in [5, 5.41) is 24.6. The number of para-hydroxylation sites is 1. The Kier molecular flexibility index (Phi) is 9.48. The quantitative estimate of drug-likeness (QED) is 0.322. The van der Waals surface area contributed by atoms with Gasteiger partial charge in [0.2, 0.25) is 11.8 Å². The monoisotopic (exact) mass is 808 g/mol. The van der Waals surface area contributed by atoms with Crippen LogP contribution in [0.1, 0.15) is 67.2 Å². The highest BCUT2D eigenvalue weighted by atomic mass is 19.1. The number of piperidine rings is 2. The average Bonchev–Trinajstić information content (AvgIpc) is 3.45. The number of phenolic OH excluding ortho intramolecular Hbond substituents is 1. The molecule has 1 aromatic heterocycles. The largest absolute Gasteiger partial charge is 0.504 e. The van der Waals surface area contributed by atoms with Gasteiger partial charge < -0.3 is 30.0 Å². The number of halogens is 1. The molecule has 0 bridgehead atoms. The summed E-state index contributed by atoms with van der Waals surface area (Å²) in [6.45, 7) is 13.3. The van der Waals surface area contributed by atoms with Crippen LogP contribution < -0.4 is 20.4 Å². The lowest BCUT2D eigenvalue weighted by Gasteiger charge is -2.55. The SMILES string of the molecule is CC1(C)CN(CC2CCN(c3ccc4c(c3)C(=O)N(C3CCC(=O)NC3=O)C4=O)CC2)CCN1C(=O)N1CCN2c3cc(-c4cccc(F)c4O)nnc3NCC2(C)C1. The first kappa shape index (κ1) is 38.7. The molecule has 9 rings (SSSR count). The van der Waals surface area contributed by atoms with E-state index in [0.717, 1.165) is 61.8 Å². The number of aromatic nitrogens is 2. The predicted octanol–water partition coefficient (Wildman–Crippen LogP) is 3.13. The minimum atomic E-state index is -0.990. The topological polar surface area (TPSA) is 175 Å². The van der Waals surface area contributed by atoms with Crippen LogP contribution in [-0.2, 0) is 9.59 Å². The maximum atomic E-state index is 14.3. The molecule has 17 heteroatoms. The molecule has 0 saturated carbocycles. The molecule has 6 aliphatic rings. The van der Waals surface area contributed by atoms with Crippen molar-refractivity contribution in [1.82, 2.24) is 35.1 Å². The van der Waals surface area contributed by atoms with Crippen molar-refractivity contribution in [3.8, 4) is 17.0 Å². The zero-order chi connectivity index (χ0) is 41.4. The lowest BCUT2D eigenvalue weighted by atomic mass is 9.92. The number of hydrogen-bond donors (Lipinski definition) is 3. The van der Waals surface area contributed by atoms with E-state index in [1.54, 1.807) is 18.2 Å². The Morgan fingerprint density at radius 2 is 1.66 bits per heavy atom. The first-order valence-corrected chi connectivity index (χ1v) is 20.5. The first-order chi connectivity index (χ1) is 28.2. The van der Waals surface area contributed by atoms with Gasteiger partial charge in [0.15, 0.2) is 17.4 Å². The lowest BCUT2D eigenvalue weighted by molar-refractivity contribution is -0.136. The van der Waals surface area contributed by atoms with Crippen molar-refractivity contribution in [2.45, 2.75) is 63.6 Å². The van der Waals surface area contributed by atoms with Gasteiger partial charge in [-0.05, 0) is 82.3 Å². The maximum absolute atomic E-state index is 14.3. The van der Waals surface area contributed by atoms with E-state index >= 15 is 0 Å². The number of amides is 6. The fraction of sp³-hybridized carbons (Fsp3) is 0.500. The zero-order valence-corrected chi connectivity index (χ0v) is 33.5. The maximum Gasteiger partial charge on any atom is 0.320 e. The third-order valence-corrected chi connectivity index (χ3v) is 13.1. The number of urea groups is 1. The molecule has 3 N–H and O–H groups in total. The standard InChI is InChI=1S/C42H49FN10O6/c1-41(2)23-48(21-25-11-13-49(14-12-25)26-7-8-27-29(19-26)39(58)53(38(27)57)32-9-10-34(54)45-37(32)56)15-17-52(41)40(59)50-16-18-51-33-20-31(28-5-4-6-30(43)35(28)55)46-47-36(33)44-22-42(51,3)24-50/h4-8,19-20,25,32,55H,9-18,21-24H2,1-3H3,(H,44,47)(H,45,54,56). The van der Waals surface area contributed by atoms with Crippen LogP contribution in [0.4, 0.5) is 26.4 Å². The Hall–Kier alpha value is -5.84. The molecule has 3 aromatic rings. The van der Waals surface area contributed by atoms with Gasteiger partial charge in [-0.3, -0.25) is 34.3 Å². The van der Waals surface area contributed by atoms with E-state index in [0.29, 0.717) is 55.7 Å². The fourth-order valence-corrected chi connectivity index (χ4v) is 9.96. The van der Waals surface area contributed by atoms with Crippen molar-refractivity contribution in [1.29, 1.82) is 0 Å². The number of carbonyl (C=O) groups excluding carboxylic acids is 5. The third-order valence-electron chi connectivity index (χ3n) is 13.1. The summed E-state index contributed by atoms with van der Waals surface area (Å²) < 4.78 is 14.2. The lowest BCUT2D eigenvalue weighted by Crippen LogP contribution is -2.70. The van der Waals surface area contributed by atoms with E-state index < -0.39 is 46.8 Å². The molecule has 0 aliphatic carbocycles. The van der Waals surface area contributed by atoms with Gasteiger partial charge in [-0.2, -0.15) is 0 Å². The van der Waals surface area contributed by atoms with Gasteiger partial charge in [0, 0.05) is 83.1 Å². The van der Waals surface area contributed by atoms with Crippen LogP contribution in [0.25, 0.3) is 11.3 Å². The molecule has 2 atom stereocenters. The van der Waals surface area contributed by atoms with Gasteiger partial charge in [0.05, 0.1) is 33.6 Å². The molecule has 310 valence electrons. The molecule has 4 saturated heterocycles. The fourth-order valence-electron chi connectivity index (χ4n) is 9.96. The molecular weight excluding hydrogens is 760 g/mol. The van der Waals surface area contributed by atoms with Crippen LogP contribution >= 0.6 is 0 Å². The van der Waals surface area contributed by atoms with E-state index in [9.17, 15) is 33.5 Å². The molecule has 6 aliphatic heterocycles. The summed E-state index contributed by atoms with van der Waals surface area (Å²) in [6, 6.07) is 10.5. The first-order valence-electron chi connectivity index (χ1n) is 20.5. The van der Waals surface area contributed by atoms with E-state index in [4.69, 9.17) is 0 Å². The number of fused-ring (bicyclic) bond motifs is 4. The van der Waals surface area contributed by atoms with Gasteiger partial charge in [-0.15, -0.1) is 10.2 Å². The third kappa shape index (κ3) is 6.78. The van der Waals surface area contributed by atoms with Gasteiger partial charge in [-0.1, -0.05) is 6.07 Å². The number of piperazine rings is 2. The van der Waals surface area contributed by atoms with Crippen molar-refractivity contribution >= 4 is 46.9 Å². The minimum Gasteiger partial charge on any atom is -0.504 e. The molecule has 0 spiro atoms. The Bertz CT molecular complexity index is 2260. The second-order valence-electron chi connectivity index (χ2n) is 17.6. The van der Waals surface area contributed by atoms with Gasteiger partial charge >= 0.3 is 6.03 Å². The van der Waals surface area contributed by atoms with E-state index in [1.807, 2.05) is 21.9 Å². The number of aromatic hydroxyl groups is 1. The predicted molar refractivity (Wildman–Crippen MR) is 216 cm³/mol. The Balaban J connectivity index is 0.789. The summed E-state index contributed by atoms with van der Waals surface area (Å²) in [7, 11) is 0. The smallest absolute Gasteiger partial charge is 0.320 e. The molecular formula is C42H49FN10O6. The van der Waals surface area contributed by atoms with Crippen LogP contribution in [0.5, 0.6) is 5.75 Å². The highest BCUT2D eigenvalue weighted by Gasteiger charge is 2.47. The number of benzene rings is 2.